The second kappa shape index (κ2) is 8.38. The van der Waals surface area contributed by atoms with E-state index in [0.717, 1.165) is 16.7 Å². The molecule has 1 aliphatic carbocycles. The first-order valence-electron chi connectivity index (χ1n) is 13.5. The summed E-state index contributed by atoms with van der Waals surface area (Å²) in [5, 5.41) is 15.3. The van der Waals surface area contributed by atoms with Crippen LogP contribution in [0.2, 0.25) is 0 Å². The third-order valence-corrected chi connectivity index (χ3v) is 8.63. The van der Waals surface area contributed by atoms with Crippen LogP contribution in [0.1, 0.15) is 36.1 Å². The Morgan fingerprint density at radius 1 is 0.667 bits per heavy atom. The predicted molar refractivity (Wildman–Crippen MR) is 161 cm³/mol. The van der Waals surface area contributed by atoms with Gasteiger partial charge in [0.2, 0.25) is 5.69 Å². The molecular formula is C37H29N2+. The van der Waals surface area contributed by atoms with Crippen LogP contribution in [0.25, 0.3) is 55.1 Å². The fourth-order valence-corrected chi connectivity index (χ4v) is 6.93. The van der Waals surface area contributed by atoms with Crippen molar-refractivity contribution in [1.82, 2.24) is 0 Å². The van der Waals surface area contributed by atoms with E-state index in [0.29, 0.717) is 0 Å². The number of nitriles is 1. The third-order valence-electron chi connectivity index (χ3n) is 8.63. The van der Waals surface area contributed by atoms with Crippen molar-refractivity contribution in [3.8, 4) is 39.6 Å². The van der Waals surface area contributed by atoms with Crippen LogP contribution in [-0.2, 0) is 12.5 Å². The fraction of sp³-hybridized carbons (Fsp3) is 0.135. The molecule has 6 aromatic rings. The molecule has 186 valence electrons. The van der Waals surface area contributed by atoms with Crippen molar-refractivity contribution in [2.24, 2.45) is 7.05 Å². The summed E-state index contributed by atoms with van der Waals surface area (Å²) >= 11 is 0. The number of aromatic nitrogens is 1. The van der Waals surface area contributed by atoms with Crippen molar-refractivity contribution in [3.63, 3.8) is 0 Å². The Hall–Kier alpha value is -4.74. The molecule has 0 aliphatic heterocycles. The molecule has 7 rings (SSSR count). The summed E-state index contributed by atoms with van der Waals surface area (Å²) in [4.78, 5) is 0. The number of benzene rings is 5. The van der Waals surface area contributed by atoms with Gasteiger partial charge in [0.15, 0.2) is 6.20 Å². The summed E-state index contributed by atoms with van der Waals surface area (Å²) in [6.45, 7) is 6.87. The van der Waals surface area contributed by atoms with Crippen LogP contribution in [0.3, 0.4) is 0 Å². The van der Waals surface area contributed by atoms with Crippen LogP contribution in [0.5, 0.6) is 0 Å². The highest BCUT2D eigenvalue weighted by atomic mass is 14.9. The van der Waals surface area contributed by atoms with Crippen molar-refractivity contribution < 1.29 is 4.57 Å². The first-order valence-corrected chi connectivity index (χ1v) is 13.5. The van der Waals surface area contributed by atoms with E-state index in [1.54, 1.807) is 0 Å². The van der Waals surface area contributed by atoms with Crippen molar-refractivity contribution in [2.75, 3.05) is 0 Å². The second-order valence-electron chi connectivity index (χ2n) is 11.2. The molecule has 5 aromatic carbocycles. The van der Waals surface area contributed by atoms with Gasteiger partial charge in [-0.1, -0.05) is 80.6 Å². The van der Waals surface area contributed by atoms with Crippen molar-refractivity contribution in [3.05, 3.63) is 126 Å². The Morgan fingerprint density at radius 3 is 2.05 bits per heavy atom. The fourth-order valence-electron chi connectivity index (χ4n) is 6.93. The zero-order chi connectivity index (χ0) is 26.9. The van der Waals surface area contributed by atoms with Crippen molar-refractivity contribution >= 4 is 21.5 Å². The number of aryl methyl sites for hydroxylation is 2. The third kappa shape index (κ3) is 3.23. The quantitative estimate of drug-likeness (QED) is 0.172. The number of hydrogen-bond acceptors (Lipinski definition) is 1. The van der Waals surface area contributed by atoms with Crippen molar-refractivity contribution in [1.29, 1.82) is 5.26 Å². The van der Waals surface area contributed by atoms with E-state index >= 15 is 0 Å². The van der Waals surface area contributed by atoms with Gasteiger partial charge in [0.25, 0.3) is 0 Å². The molecule has 0 radical (unpaired) electrons. The molecule has 1 heterocycles. The zero-order valence-corrected chi connectivity index (χ0v) is 22.7. The molecule has 0 fully saturated rings. The highest BCUT2D eigenvalue weighted by molar-refractivity contribution is 6.15. The van der Waals surface area contributed by atoms with Gasteiger partial charge in [-0.05, 0) is 80.0 Å². The lowest BCUT2D eigenvalue weighted by molar-refractivity contribution is -0.660. The maximum Gasteiger partial charge on any atom is 0.212 e. The summed E-state index contributed by atoms with van der Waals surface area (Å²) in [7, 11) is 2.11. The topological polar surface area (TPSA) is 27.7 Å². The average Bonchev–Trinajstić information content (AvgIpc) is 3.19. The van der Waals surface area contributed by atoms with Gasteiger partial charge < -0.3 is 0 Å². The number of rotatable bonds is 2. The van der Waals surface area contributed by atoms with E-state index in [-0.39, 0.29) is 5.41 Å². The Bertz CT molecular complexity index is 2020. The minimum absolute atomic E-state index is 0.316. The smallest absolute Gasteiger partial charge is 0.201 e. The second-order valence-corrected chi connectivity index (χ2v) is 11.2. The summed E-state index contributed by atoms with van der Waals surface area (Å²) in [6.07, 6.45) is 2.11. The number of nitrogens with zero attached hydrogens (tertiary/aromatic N) is 2. The molecule has 0 saturated heterocycles. The standard InChI is InChI=1S/C37H29N2/c1-23-16-18-29-30-19-17-25(22-38)34(31-21-24-11-5-6-12-26(24)27-13-7-8-14-28(27)31)36(30)37(2,3)35(29)33(23)32-15-9-10-20-39(32)4/h5-21H,1-4H3/q+1. The minimum Gasteiger partial charge on any atom is -0.201 e. The first kappa shape index (κ1) is 23.4. The maximum atomic E-state index is 10.4. The van der Waals surface area contributed by atoms with Crippen LogP contribution in [0, 0.1) is 18.3 Å². The first-order chi connectivity index (χ1) is 18.9. The van der Waals surface area contributed by atoms with E-state index in [2.05, 4.69) is 136 Å². The van der Waals surface area contributed by atoms with Crippen LogP contribution in [-0.4, -0.2) is 0 Å². The van der Waals surface area contributed by atoms with Gasteiger partial charge in [0.1, 0.15) is 7.05 Å². The molecule has 0 bridgehead atoms. The molecule has 1 aromatic heterocycles. The molecule has 0 N–H and O–H groups in total. The highest BCUT2D eigenvalue weighted by Gasteiger charge is 2.42. The van der Waals surface area contributed by atoms with Crippen LogP contribution in [0.4, 0.5) is 0 Å². The van der Waals surface area contributed by atoms with Crippen molar-refractivity contribution in [2.45, 2.75) is 26.2 Å². The Balaban J connectivity index is 1.62. The molecule has 2 heteroatoms. The Labute approximate surface area is 229 Å². The van der Waals surface area contributed by atoms with E-state index in [9.17, 15) is 5.26 Å². The SMILES string of the molecule is Cc1ccc2c(c1-c1cccc[n+]1C)C(C)(C)c1c-2ccc(C#N)c1-c1cc2ccccc2c2ccccc12. The Morgan fingerprint density at radius 2 is 1.31 bits per heavy atom. The van der Waals surface area contributed by atoms with Gasteiger partial charge in [-0.15, -0.1) is 0 Å². The van der Waals surface area contributed by atoms with Gasteiger partial charge in [-0.2, -0.15) is 5.26 Å². The average molecular weight is 502 g/mol. The number of fused-ring (bicyclic) bond motifs is 6. The molecule has 0 unspecified atom stereocenters. The van der Waals surface area contributed by atoms with E-state index in [4.69, 9.17) is 0 Å². The summed E-state index contributed by atoms with van der Waals surface area (Å²) < 4.78 is 2.21. The maximum absolute atomic E-state index is 10.4. The molecule has 2 nitrogen and oxygen atoms in total. The van der Waals surface area contributed by atoms with Crippen LogP contribution >= 0.6 is 0 Å². The molecule has 1 aliphatic rings. The lowest BCUT2D eigenvalue weighted by Crippen LogP contribution is -2.31. The zero-order valence-electron chi connectivity index (χ0n) is 22.7. The molecule has 0 saturated carbocycles. The van der Waals surface area contributed by atoms with Gasteiger partial charge in [-0.25, -0.2) is 4.57 Å². The monoisotopic (exact) mass is 501 g/mol. The Kier molecular flexibility index (Phi) is 5.03. The van der Waals surface area contributed by atoms with E-state index < -0.39 is 0 Å². The molecule has 0 atom stereocenters. The van der Waals surface area contributed by atoms with E-state index in [1.807, 2.05) is 6.07 Å². The van der Waals surface area contributed by atoms with Gasteiger partial charge in [0, 0.05) is 23.1 Å². The summed E-state index contributed by atoms with van der Waals surface area (Å²) in [6, 6.07) is 37.1. The van der Waals surface area contributed by atoms with E-state index in [1.165, 1.54) is 60.6 Å². The largest absolute Gasteiger partial charge is 0.212 e. The van der Waals surface area contributed by atoms with Gasteiger partial charge in [-0.3, -0.25) is 0 Å². The highest BCUT2D eigenvalue weighted by Crippen LogP contribution is 2.56. The molecular weight excluding hydrogens is 472 g/mol. The number of hydrogen-bond donors (Lipinski definition) is 0. The van der Waals surface area contributed by atoms with Crippen LogP contribution < -0.4 is 4.57 Å². The molecule has 0 spiro atoms. The lowest BCUT2D eigenvalue weighted by Gasteiger charge is -2.27. The summed E-state index contributed by atoms with van der Waals surface area (Å²) in [5.41, 5.74) is 11.4. The number of pyridine rings is 1. The lowest BCUT2D eigenvalue weighted by atomic mass is 9.74. The predicted octanol–water partition coefficient (Wildman–Crippen LogP) is 8.64. The molecule has 39 heavy (non-hydrogen) atoms. The van der Waals surface area contributed by atoms with Crippen LogP contribution in [0.15, 0.2) is 103 Å². The molecule has 0 amide bonds. The normalized spacial score (nSPS) is 13.3. The minimum atomic E-state index is -0.316. The van der Waals surface area contributed by atoms with Gasteiger partial charge >= 0.3 is 0 Å². The van der Waals surface area contributed by atoms with Gasteiger partial charge in [0.05, 0.1) is 17.2 Å². The summed E-state index contributed by atoms with van der Waals surface area (Å²) in [5.74, 6) is 0.